The molecule has 6 heteroatoms. The Kier molecular flexibility index (Phi) is 5.97. The monoisotopic (exact) mass is 373 g/mol. The van der Waals surface area contributed by atoms with Crippen LogP contribution in [-0.4, -0.2) is 16.3 Å². The number of aldehydes is 1. The molecule has 0 saturated heterocycles. The van der Waals surface area contributed by atoms with Crippen molar-refractivity contribution in [2.75, 3.05) is 0 Å². The van der Waals surface area contributed by atoms with Crippen LogP contribution in [0.2, 0.25) is 0 Å². The number of ether oxygens (including phenoxy) is 2. The molecular formula is C22H19N3O3. The normalized spacial score (nSPS) is 10.2. The molecule has 0 atom stereocenters. The van der Waals surface area contributed by atoms with Crippen LogP contribution in [0.1, 0.15) is 38.2 Å². The second-order valence-corrected chi connectivity index (χ2v) is 6.29. The van der Waals surface area contributed by atoms with E-state index >= 15 is 0 Å². The van der Waals surface area contributed by atoms with Crippen LogP contribution in [0.25, 0.3) is 0 Å². The zero-order valence-corrected chi connectivity index (χ0v) is 15.7. The average Bonchev–Trinajstić information content (AvgIpc) is 2.73. The number of rotatable bonds is 7. The van der Waals surface area contributed by atoms with Crippen LogP contribution in [0, 0.1) is 25.2 Å². The van der Waals surface area contributed by atoms with Gasteiger partial charge in [-0.25, -0.2) is 0 Å². The van der Waals surface area contributed by atoms with Crippen LogP contribution in [0.3, 0.4) is 0 Å². The van der Waals surface area contributed by atoms with Crippen molar-refractivity contribution in [3.05, 3.63) is 82.2 Å². The van der Waals surface area contributed by atoms with Gasteiger partial charge in [0.15, 0.2) is 6.29 Å². The van der Waals surface area contributed by atoms with E-state index in [0.717, 1.165) is 5.56 Å². The summed E-state index contributed by atoms with van der Waals surface area (Å²) in [6.45, 7) is 4.61. The highest BCUT2D eigenvalue weighted by atomic mass is 16.5. The van der Waals surface area contributed by atoms with Crippen molar-refractivity contribution < 1.29 is 14.3 Å². The van der Waals surface area contributed by atoms with Crippen LogP contribution in [0.5, 0.6) is 11.8 Å². The Bertz CT molecular complexity index is 1040. The second kappa shape index (κ2) is 8.78. The SMILES string of the molecule is Cc1cccc(COc2ccc(C=O)c(OCc3cncc(C#N)c3)n2)c1C. The summed E-state index contributed by atoms with van der Waals surface area (Å²) < 4.78 is 11.5. The molecule has 140 valence electrons. The van der Waals surface area contributed by atoms with Gasteiger partial charge in [0.25, 0.3) is 0 Å². The molecule has 3 aromatic rings. The highest BCUT2D eigenvalue weighted by molar-refractivity contribution is 5.78. The molecule has 1 aromatic carbocycles. The summed E-state index contributed by atoms with van der Waals surface area (Å²) in [5.41, 5.74) is 4.91. The van der Waals surface area contributed by atoms with Crippen molar-refractivity contribution >= 4 is 6.29 Å². The summed E-state index contributed by atoms with van der Waals surface area (Å²) in [7, 11) is 0. The Morgan fingerprint density at radius 3 is 2.75 bits per heavy atom. The number of hydrogen-bond acceptors (Lipinski definition) is 6. The minimum Gasteiger partial charge on any atom is -0.473 e. The van der Waals surface area contributed by atoms with E-state index in [1.807, 2.05) is 18.2 Å². The molecule has 0 fully saturated rings. The third-order valence-electron chi connectivity index (χ3n) is 4.38. The lowest BCUT2D eigenvalue weighted by molar-refractivity contribution is 0.111. The van der Waals surface area contributed by atoms with E-state index in [0.29, 0.717) is 35.5 Å². The second-order valence-electron chi connectivity index (χ2n) is 6.29. The van der Waals surface area contributed by atoms with E-state index in [9.17, 15) is 4.79 Å². The van der Waals surface area contributed by atoms with E-state index in [-0.39, 0.29) is 12.5 Å². The molecule has 0 aliphatic rings. The Morgan fingerprint density at radius 1 is 1.11 bits per heavy atom. The van der Waals surface area contributed by atoms with Crippen LogP contribution in [-0.2, 0) is 13.2 Å². The van der Waals surface area contributed by atoms with E-state index < -0.39 is 0 Å². The first-order valence-electron chi connectivity index (χ1n) is 8.71. The van der Waals surface area contributed by atoms with E-state index in [1.54, 1.807) is 24.4 Å². The van der Waals surface area contributed by atoms with Gasteiger partial charge in [-0.1, -0.05) is 18.2 Å². The lowest BCUT2D eigenvalue weighted by atomic mass is 10.0. The predicted molar refractivity (Wildman–Crippen MR) is 103 cm³/mol. The number of nitrogens with zero attached hydrogens (tertiary/aromatic N) is 3. The number of pyridine rings is 2. The summed E-state index contributed by atoms with van der Waals surface area (Å²) >= 11 is 0. The maximum Gasteiger partial charge on any atom is 0.227 e. The summed E-state index contributed by atoms with van der Waals surface area (Å²) in [4.78, 5) is 19.6. The van der Waals surface area contributed by atoms with Crippen molar-refractivity contribution in [3.8, 4) is 17.8 Å². The van der Waals surface area contributed by atoms with Gasteiger partial charge in [0.05, 0.1) is 11.1 Å². The minimum atomic E-state index is 0.136. The van der Waals surface area contributed by atoms with Gasteiger partial charge in [-0.3, -0.25) is 9.78 Å². The molecule has 0 aliphatic heterocycles. The van der Waals surface area contributed by atoms with Crippen molar-refractivity contribution in [1.82, 2.24) is 9.97 Å². The van der Waals surface area contributed by atoms with Gasteiger partial charge >= 0.3 is 0 Å². The highest BCUT2D eigenvalue weighted by Crippen LogP contribution is 2.22. The number of aryl methyl sites for hydroxylation is 1. The Hall–Kier alpha value is -3.72. The number of benzene rings is 1. The zero-order chi connectivity index (χ0) is 19.9. The number of carbonyl (C=O) groups is 1. The van der Waals surface area contributed by atoms with Gasteiger partial charge in [0.1, 0.15) is 19.3 Å². The highest BCUT2D eigenvalue weighted by Gasteiger charge is 2.10. The third-order valence-corrected chi connectivity index (χ3v) is 4.38. The summed E-state index contributed by atoms with van der Waals surface area (Å²) in [6.07, 6.45) is 3.75. The van der Waals surface area contributed by atoms with Crippen molar-refractivity contribution in [1.29, 1.82) is 5.26 Å². The van der Waals surface area contributed by atoms with Gasteiger partial charge in [0.2, 0.25) is 11.8 Å². The fourth-order valence-electron chi connectivity index (χ4n) is 2.62. The van der Waals surface area contributed by atoms with Crippen molar-refractivity contribution in [3.63, 3.8) is 0 Å². The molecule has 6 nitrogen and oxygen atoms in total. The van der Waals surface area contributed by atoms with E-state index in [1.165, 1.54) is 17.3 Å². The molecule has 0 aliphatic carbocycles. The summed E-state index contributed by atoms with van der Waals surface area (Å²) in [5.74, 6) is 0.543. The Labute approximate surface area is 163 Å². The van der Waals surface area contributed by atoms with Crippen LogP contribution >= 0.6 is 0 Å². The topological polar surface area (TPSA) is 85.1 Å². The quantitative estimate of drug-likeness (QED) is 0.583. The maximum absolute atomic E-state index is 11.3. The van der Waals surface area contributed by atoms with Gasteiger partial charge in [0, 0.05) is 24.0 Å². The van der Waals surface area contributed by atoms with Crippen molar-refractivity contribution in [2.45, 2.75) is 27.1 Å². The fourth-order valence-corrected chi connectivity index (χ4v) is 2.62. The molecule has 28 heavy (non-hydrogen) atoms. The number of nitriles is 1. The molecule has 0 amide bonds. The van der Waals surface area contributed by atoms with Gasteiger partial charge < -0.3 is 9.47 Å². The van der Waals surface area contributed by atoms with Gasteiger partial charge in [-0.15, -0.1) is 0 Å². The summed E-state index contributed by atoms with van der Waals surface area (Å²) in [6, 6.07) is 13.0. The van der Waals surface area contributed by atoms with E-state index in [2.05, 4.69) is 29.9 Å². The number of hydrogen-bond donors (Lipinski definition) is 0. The maximum atomic E-state index is 11.3. The van der Waals surface area contributed by atoms with E-state index in [4.69, 9.17) is 14.7 Å². The lowest BCUT2D eigenvalue weighted by Crippen LogP contribution is -2.04. The van der Waals surface area contributed by atoms with Crippen LogP contribution < -0.4 is 9.47 Å². The molecule has 0 saturated carbocycles. The Balaban J connectivity index is 1.73. The first kappa shape index (κ1) is 19.1. The molecule has 0 N–H and O–H groups in total. The standard InChI is InChI=1S/C22H19N3O3/c1-15-4-3-5-20(16(15)2)14-27-21-7-6-19(12-26)22(25-21)28-13-18-8-17(9-23)10-24-11-18/h3-8,10-12H,13-14H2,1-2H3. The molecular weight excluding hydrogens is 354 g/mol. The zero-order valence-electron chi connectivity index (χ0n) is 15.7. The predicted octanol–water partition coefficient (Wildman–Crippen LogP) is 3.94. The smallest absolute Gasteiger partial charge is 0.227 e. The van der Waals surface area contributed by atoms with Gasteiger partial charge in [-0.05, 0) is 42.7 Å². The third kappa shape index (κ3) is 4.51. The van der Waals surface area contributed by atoms with Gasteiger partial charge in [-0.2, -0.15) is 10.2 Å². The lowest BCUT2D eigenvalue weighted by Gasteiger charge is -2.12. The largest absolute Gasteiger partial charge is 0.473 e. The average molecular weight is 373 g/mol. The molecule has 0 radical (unpaired) electrons. The summed E-state index contributed by atoms with van der Waals surface area (Å²) in [5, 5.41) is 8.95. The molecule has 2 heterocycles. The van der Waals surface area contributed by atoms with Crippen molar-refractivity contribution in [2.24, 2.45) is 0 Å². The molecule has 0 spiro atoms. The van der Waals surface area contributed by atoms with Crippen LogP contribution in [0.4, 0.5) is 0 Å². The molecule has 2 aromatic heterocycles. The molecule has 0 bridgehead atoms. The fraction of sp³-hybridized carbons (Fsp3) is 0.182. The molecule has 0 unspecified atom stereocenters. The Morgan fingerprint density at radius 2 is 1.96 bits per heavy atom. The minimum absolute atomic E-state index is 0.136. The molecule has 3 rings (SSSR count). The first-order valence-corrected chi connectivity index (χ1v) is 8.71. The first-order chi connectivity index (χ1) is 13.6. The number of carbonyl (C=O) groups excluding carboxylic acids is 1. The number of aromatic nitrogens is 2. The van der Waals surface area contributed by atoms with Crippen LogP contribution in [0.15, 0.2) is 48.8 Å².